The van der Waals surface area contributed by atoms with Gasteiger partial charge in [-0.05, 0) is 86.1 Å². The summed E-state index contributed by atoms with van der Waals surface area (Å²) in [5.41, 5.74) is 10.7. The van der Waals surface area contributed by atoms with Crippen molar-refractivity contribution in [2.24, 2.45) is 24.6 Å². The standard InChI is InChI=1S/C34H33FN6O4/c1-39-30-25(12-21(14-28(30)45-2)33(42)41-16-20-7-10-26(41)29(20)36)38-32(39)27-13-19-6-9-24(37-31(19)40(27)15-17-3-4-17)18-5-8-23(35)22(11-18)34(43)44/h5-6,8-9,11-14,17,20,26,29H,3-4,7,10,15-16,36H2,1-2H3,(H,43,44)/t20?,26?,29-/m1/s1. The van der Waals surface area contributed by atoms with E-state index in [1.54, 1.807) is 19.2 Å². The molecule has 3 N–H and O–H groups in total. The lowest BCUT2D eigenvalue weighted by atomic mass is 10.1. The van der Waals surface area contributed by atoms with E-state index in [4.69, 9.17) is 20.4 Å². The maximum absolute atomic E-state index is 14.1. The number of carboxylic acids is 1. The number of piperidine rings is 1. The second-order valence-corrected chi connectivity index (χ2v) is 12.7. The van der Waals surface area contributed by atoms with Crippen molar-refractivity contribution in [3.05, 3.63) is 65.5 Å². The molecule has 11 heteroatoms. The van der Waals surface area contributed by atoms with Crippen LogP contribution in [0, 0.1) is 17.7 Å². The van der Waals surface area contributed by atoms with Crippen molar-refractivity contribution >= 4 is 33.9 Å². The van der Waals surface area contributed by atoms with E-state index in [1.807, 2.05) is 34.7 Å². The predicted octanol–water partition coefficient (Wildman–Crippen LogP) is 5.07. The second-order valence-electron chi connectivity index (χ2n) is 12.7. The quantitative estimate of drug-likeness (QED) is 0.264. The van der Waals surface area contributed by atoms with Crippen LogP contribution in [-0.2, 0) is 13.6 Å². The first-order valence-corrected chi connectivity index (χ1v) is 15.4. The first-order valence-electron chi connectivity index (χ1n) is 15.4. The smallest absolute Gasteiger partial charge is 0.338 e. The lowest BCUT2D eigenvalue weighted by Crippen LogP contribution is -2.41. The number of imidazole rings is 1. The van der Waals surface area contributed by atoms with Crippen LogP contribution in [0.15, 0.2) is 48.5 Å². The minimum absolute atomic E-state index is 0.0332. The minimum Gasteiger partial charge on any atom is -0.494 e. The van der Waals surface area contributed by atoms with E-state index in [0.29, 0.717) is 52.3 Å². The number of carbonyl (C=O) groups is 2. The third-order valence-corrected chi connectivity index (χ3v) is 9.92. The predicted molar refractivity (Wildman–Crippen MR) is 167 cm³/mol. The first kappa shape index (κ1) is 27.8. The van der Waals surface area contributed by atoms with Crippen LogP contribution in [0.5, 0.6) is 5.75 Å². The number of hydrogen-bond donors (Lipinski definition) is 2. The van der Waals surface area contributed by atoms with Gasteiger partial charge in [0, 0.05) is 48.7 Å². The largest absolute Gasteiger partial charge is 0.494 e. The Labute approximate surface area is 258 Å². The zero-order valence-electron chi connectivity index (χ0n) is 25.0. The molecule has 4 heterocycles. The van der Waals surface area contributed by atoms with Crippen LogP contribution >= 0.6 is 0 Å². The number of ether oxygens (including phenoxy) is 1. The fourth-order valence-corrected chi connectivity index (χ4v) is 7.33. The molecule has 2 aromatic carbocycles. The van der Waals surface area contributed by atoms with Crippen LogP contribution in [0.25, 0.3) is 44.8 Å². The van der Waals surface area contributed by atoms with Gasteiger partial charge >= 0.3 is 5.97 Å². The highest BCUT2D eigenvalue weighted by atomic mass is 19.1. The first-order chi connectivity index (χ1) is 21.7. The third-order valence-electron chi connectivity index (χ3n) is 9.92. The molecule has 2 unspecified atom stereocenters. The molecule has 2 aliphatic carbocycles. The SMILES string of the molecule is COc1cc(C(=O)N2CC3CCC2[C@@H]3N)cc2nc(-c3cc4ccc(-c5ccc(F)c(C(=O)O)c5)nc4n3CC3CC3)n(C)c12. The van der Waals surface area contributed by atoms with E-state index in [9.17, 15) is 19.1 Å². The number of nitrogens with zero attached hydrogens (tertiary/aromatic N) is 5. The van der Waals surface area contributed by atoms with Crippen molar-refractivity contribution in [2.45, 2.75) is 44.3 Å². The van der Waals surface area contributed by atoms with E-state index in [2.05, 4.69) is 10.6 Å². The van der Waals surface area contributed by atoms with Crippen molar-refractivity contribution in [3.8, 4) is 28.5 Å². The normalized spacial score (nSPS) is 20.9. The van der Waals surface area contributed by atoms with Crippen LogP contribution < -0.4 is 10.5 Å². The number of benzene rings is 2. The molecule has 0 spiro atoms. The summed E-state index contributed by atoms with van der Waals surface area (Å²) in [5, 5.41) is 10.3. The Morgan fingerprint density at radius 3 is 2.58 bits per heavy atom. The zero-order valence-corrected chi connectivity index (χ0v) is 25.0. The number of nitrogens with two attached hydrogens (primary N) is 1. The van der Waals surface area contributed by atoms with Crippen molar-refractivity contribution < 1.29 is 23.8 Å². The summed E-state index contributed by atoms with van der Waals surface area (Å²) in [6.07, 6.45) is 4.26. The van der Waals surface area contributed by atoms with Gasteiger partial charge in [0.2, 0.25) is 0 Å². The summed E-state index contributed by atoms with van der Waals surface area (Å²) in [6, 6.07) is 13.6. The lowest BCUT2D eigenvalue weighted by Gasteiger charge is -2.27. The average Bonchev–Trinajstić information content (AvgIpc) is 3.44. The molecule has 1 amide bonds. The maximum Gasteiger partial charge on any atom is 0.338 e. The average molecular weight is 609 g/mol. The minimum atomic E-state index is -1.33. The van der Waals surface area contributed by atoms with E-state index in [-0.39, 0.29) is 18.0 Å². The van der Waals surface area contributed by atoms with Crippen molar-refractivity contribution in [2.75, 3.05) is 13.7 Å². The maximum atomic E-state index is 14.1. The molecule has 10 nitrogen and oxygen atoms in total. The topological polar surface area (TPSA) is 129 Å². The van der Waals surface area contributed by atoms with E-state index >= 15 is 0 Å². The summed E-state index contributed by atoms with van der Waals surface area (Å²) in [5.74, 6) is 0.00213. The molecule has 45 heavy (non-hydrogen) atoms. The molecule has 1 saturated heterocycles. The monoisotopic (exact) mass is 608 g/mol. The van der Waals surface area contributed by atoms with Gasteiger partial charge in [0.15, 0.2) is 5.82 Å². The third kappa shape index (κ3) is 4.40. The van der Waals surface area contributed by atoms with Crippen LogP contribution in [0.3, 0.4) is 0 Å². The molecular formula is C34H33FN6O4. The highest BCUT2D eigenvalue weighted by Crippen LogP contribution is 2.40. The molecule has 3 fully saturated rings. The fourth-order valence-electron chi connectivity index (χ4n) is 7.33. The zero-order chi connectivity index (χ0) is 31.1. The Morgan fingerprint density at radius 2 is 1.89 bits per heavy atom. The highest BCUT2D eigenvalue weighted by molar-refractivity contribution is 6.00. The van der Waals surface area contributed by atoms with Crippen LogP contribution in [0.2, 0.25) is 0 Å². The van der Waals surface area contributed by atoms with E-state index < -0.39 is 17.3 Å². The molecule has 1 aliphatic heterocycles. The number of aromatic carboxylic acids is 1. The molecule has 2 saturated carbocycles. The Morgan fingerprint density at radius 1 is 1.07 bits per heavy atom. The summed E-state index contributed by atoms with van der Waals surface area (Å²) in [6.45, 7) is 1.44. The molecule has 2 bridgehead atoms. The van der Waals surface area contributed by atoms with Gasteiger partial charge in [-0.2, -0.15) is 0 Å². The number of pyridine rings is 1. The van der Waals surface area contributed by atoms with Gasteiger partial charge in [0.25, 0.3) is 5.91 Å². The van der Waals surface area contributed by atoms with Gasteiger partial charge in [-0.25, -0.2) is 19.2 Å². The van der Waals surface area contributed by atoms with Crippen molar-refractivity contribution in [1.29, 1.82) is 0 Å². The molecule has 0 radical (unpaired) electrons. The summed E-state index contributed by atoms with van der Waals surface area (Å²) < 4.78 is 24.1. The van der Waals surface area contributed by atoms with Gasteiger partial charge in [0.1, 0.15) is 22.7 Å². The molecule has 8 rings (SSSR count). The number of halogens is 1. The molecule has 3 atom stereocenters. The number of aromatic nitrogens is 4. The van der Waals surface area contributed by atoms with Gasteiger partial charge in [-0.3, -0.25) is 4.79 Å². The molecular weight excluding hydrogens is 575 g/mol. The summed E-state index contributed by atoms with van der Waals surface area (Å²) in [4.78, 5) is 37.2. The fraction of sp³-hybridized carbons (Fsp3) is 0.353. The van der Waals surface area contributed by atoms with Crippen LogP contribution in [0.1, 0.15) is 46.4 Å². The number of aryl methyl sites for hydroxylation is 1. The van der Waals surface area contributed by atoms with E-state index in [1.165, 1.54) is 6.07 Å². The summed E-state index contributed by atoms with van der Waals surface area (Å²) >= 11 is 0. The number of carboxylic acid groups (broad SMARTS) is 1. The Kier molecular flexibility index (Phi) is 6.25. The van der Waals surface area contributed by atoms with Crippen LogP contribution in [0.4, 0.5) is 4.39 Å². The van der Waals surface area contributed by atoms with Gasteiger partial charge < -0.3 is 29.6 Å². The number of likely N-dealkylation sites (tertiary alicyclic amines) is 1. The molecule has 5 aromatic rings. The van der Waals surface area contributed by atoms with Crippen LogP contribution in [-0.4, -0.2) is 66.7 Å². The van der Waals surface area contributed by atoms with Gasteiger partial charge in [-0.15, -0.1) is 0 Å². The summed E-state index contributed by atoms with van der Waals surface area (Å²) in [7, 11) is 3.54. The van der Waals surface area contributed by atoms with Gasteiger partial charge in [0.05, 0.1) is 29.6 Å². The Bertz CT molecular complexity index is 2050. The molecule has 3 aromatic heterocycles. The number of amides is 1. The number of methoxy groups -OCH3 is 1. The Hall–Kier alpha value is -4.77. The molecule has 230 valence electrons. The molecule has 3 aliphatic rings. The number of fused-ring (bicyclic) bond motifs is 4. The number of hydrogen-bond acceptors (Lipinski definition) is 6. The Balaban J connectivity index is 1.24. The van der Waals surface area contributed by atoms with Crippen molar-refractivity contribution in [3.63, 3.8) is 0 Å². The van der Waals surface area contributed by atoms with Gasteiger partial charge in [-0.1, -0.05) is 0 Å². The van der Waals surface area contributed by atoms with E-state index in [0.717, 1.165) is 60.5 Å². The number of rotatable bonds is 7. The highest BCUT2D eigenvalue weighted by Gasteiger charge is 2.47. The number of carbonyl (C=O) groups excluding carboxylic acids is 1. The van der Waals surface area contributed by atoms with Crippen molar-refractivity contribution in [1.82, 2.24) is 24.0 Å². The second kappa shape index (κ2) is 10.1. The lowest BCUT2D eigenvalue weighted by molar-refractivity contribution is 0.0686.